The van der Waals surface area contributed by atoms with Crippen molar-refractivity contribution in [3.63, 3.8) is 0 Å². The van der Waals surface area contributed by atoms with E-state index in [1.54, 1.807) is 18.3 Å². The predicted octanol–water partition coefficient (Wildman–Crippen LogP) is 4.12. The average molecular weight is 361 g/mol. The minimum Gasteiger partial charge on any atom is -0.483 e. The van der Waals surface area contributed by atoms with Crippen LogP contribution in [0.4, 0.5) is 0 Å². The highest BCUT2D eigenvalue weighted by atomic mass is 35.5. The minimum atomic E-state index is -0.300. The van der Waals surface area contributed by atoms with Crippen LogP contribution in [0.15, 0.2) is 41.1 Å². The van der Waals surface area contributed by atoms with Gasteiger partial charge >= 0.3 is 5.97 Å². The third-order valence-corrected chi connectivity index (χ3v) is 4.10. The summed E-state index contributed by atoms with van der Waals surface area (Å²) in [7, 11) is 1.35. The number of carbonyl (C=O) groups excluding carboxylic acids is 1. The largest absolute Gasteiger partial charge is 0.483 e. The number of benzene rings is 1. The molecule has 25 heavy (non-hydrogen) atoms. The van der Waals surface area contributed by atoms with E-state index < -0.39 is 0 Å². The fraction of sp³-hybridized carbons (Fsp3) is 0.278. The lowest BCUT2D eigenvalue weighted by Gasteiger charge is -2.15. The molecule has 0 spiro atoms. The summed E-state index contributed by atoms with van der Waals surface area (Å²) in [6.07, 6.45) is 2.09. The molecule has 0 aliphatic carbocycles. The summed E-state index contributed by atoms with van der Waals surface area (Å²) in [4.78, 5) is 15.6. The number of aryl methyl sites for hydroxylation is 1. The number of hydrogen-bond donors (Lipinski definition) is 0. The van der Waals surface area contributed by atoms with Crippen molar-refractivity contribution in [2.45, 2.75) is 25.9 Å². The molecule has 0 aliphatic heterocycles. The number of halogens is 1. The van der Waals surface area contributed by atoms with E-state index in [1.807, 2.05) is 25.1 Å². The normalized spacial score (nSPS) is 12.1. The van der Waals surface area contributed by atoms with Gasteiger partial charge in [-0.15, -0.1) is 0 Å². The van der Waals surface area contributed by atoms with Crippen LogP contribution in [0.1, 0.15) is 30.8 Å². The molecule has 1 atom stereocenters. The van der Waals surface area contributed by atoms with Gasteiger partial charge in [-0.3, -0.25) is 9.78 Å². The zero-order valence-electron chi connectivity index (χ0n) is 13.9. The Hall–Kier alpha value is -2.60. The Labute approximate surface area is 149 Å². The van der Waals surface area contributed by atoms with E-state index in [9.17, 15) is 4.79 Å². The SMILES string of the molecule is COC(=O)CCc1noc2cc(OC(C)c3ccccn3)c(Cl)cc12. The summed E-state index contributed by atoms with van der Waals surface area (Å²) in [6.45, 7) is 1.89. The average Bonchev–Trinajstić information content (AvgIpc) is 3.02. The number of hydrogen-bond acceptors (Lipinski definition) is 6. The number of fused-ring (bicyclic) bond motifs is 1. The number of esters is 1. The third-order valence-electron chi connectivity index (χ3n) is 3.80. The summed E-state index contributed by atoms with van der Waals surface area (Å²) in [5, 5.41) is 5.21. The Morgan fingerprint density at radius 1 is 1.36 bits per heavy atom. The summed E-state index contributed by atoms with van der Waals surface area (Å²) in [6, 6.07) is 9.07. The van der Waals surface area contributed by atoms with Crippen LogP contribution in [0.5, 0.6) is 5.75 Å². The van der Waals surface area contributed by atoms with Crippen molar-refractivity contribution < 1.29 is 18.8 Å². The maximum absolute atomic E-state index is 11.3. The molecule has 0 aliphatic rings. The van der Waals surface area contributed by atoms with Gasteiger partial charge in [-0.05, 0) is 25.1 Å². The molecule has 3 aromatic rings. The minimum absolute atomic E-state index is 0.227. The van der Waals surface area contributed by atoms with E-state index in [4.69, 9.17) is 20.9 Å². The number of carbonyl (C=O) groups is 1. The van der Waals surface area contributed by atoms with Gasteiger partial charge in [0.1, 0.15) is 11.9 Å². The van der Waals surface area contributed by atoms with Gasteiger partial charge in [0.2, 0.25) is 0 Å². The molecule has 130 valence electrons. The van der Waals surface area contributed by atoms with Gasteiger partial charge in [0, 0.05) is 24.1 Å². The van der Waals surface area contributed by atoms with Crippen molar-refractivity contribution in [2.75, 3.05) is 7.11 Å². The molecule has 0 amide bonds. The molecular formula is C18H17ClN2O4. The molecule has 3 rings (SSSR count). The zero-order chi connectivity index (χ0) is 17.8. The van der Waals surface area contributed by atoms with E-state index in [0.29, 0.717) is 28.5 Å². The van der Waals surface area contributed by atoms with Crippen molar-refractivity contribution in [1.29, 1.82) is 0 Å². The van der Waals surface area contributed by atoms with Crippen LogP contribution in [0, 0.1) is 0 Å². The van der Waals surface area contributed by atoms with Crippen LogP contribution in [0.2, 0.25) is 5.02 Å². The van der Waals surface area contributed by atoms with Crippen LogP contribution in [-0.2, 0) is 16.0 Å². The lowest BCUT2D eigenvalue weighted by Crippen LogP contribution is -2.05. The van der Waals surface area contributed by atoms with E-state index in [1.165, 1.54) is 7.11 Å². The van der Waals surface area contributed by atoms with Crippen LogP contribution in [0.3, 0.4) is 0 Å². The Kier molecular flexibility index (Phi) is 5.19. The summed E-state index contributed by atoms with van der Waals surface area (Å²) < 4.78 is 15.9. The third kappa shape index (κ3) is 3.91. The maximum Gasteiger partial charge on any atom is 0.305 e. The van der Waals surface area contributed by atoms with E-state index in [2.05, 4.69) is 14.9 Å². The molecule has 7 heteroatoms. The van der Waals surface area contributed by atoms with Crippen molar-refractivity contribution in [2.24, 2.45) is 0 Å². The van der Waals surface area contributed by atoms with Gasteiger partial charge in [-0.1, -0.05) is 22.8 Å². The van der Waals surface area contributed by atoms with Crippen molar-refractivity contribution in [3.05, 3.63) is 52.9 Å². The molecule has 2 aromatic heterocycles. The second-order valence-corrected chi connectivity index (χ2v) is 5.91. The number of aromatic nitrogens is 2. The Bertz CT molecular complexity index is 879. The van der Waals surface area contributed by atoms with E-state index in [-0.39, 0.29) is 18.5 Å². The van der Waals surface area contributed by atoms with Gasteiger partial charge in [-0.2, -0.15) is 0 Å². The zero-order valence-corrected chi connectivity index (χ0v) is 14.6. The molecule has 0 saturated carbocycles. The summed E-state index contributed by atoms with van der Waals surface area (Å²) >= 11 is 6.35. The van der Waals surface area contributed by atoms with Crippen molar-refractivity contribution >= 4 is 28.5 Å². The fourth-order valence-corrected chi connectivity index (χ4v) is 2.66. The number of rotatable bonds is 6. The van der Waals surface area contributed by atoms with Gasteiger partial charge in [0.25, 0.3) is 0 Å². The molecule has 1 aromatic carbocycles. The number of nitrogens with zero attached hydrogens (tertiary/aromatic N) is 2. The van der Waals surface area contributed by atoms with Crippen molar-refractivity contribution in [1.82, 2.24) is 10.1 Å². The monoisotopic (exact) mass is 360 g/mol. The fourth-order valence-electron chi connectivity index (χ4n) is 2.45. The highest BCUT2D eigenvalue weighted by Gasteiger charge is 2.16. The van der Waals surface area contributed by atoms with Crippen LogP contribution >= 0.6 is 11.6 Å². The first-order valence-corrected chi connectivity index (χ1v) is 8.18. The maximum atomic E-state index is 11.3. The van der Waals surface area contributed by atoms with Gasteiger partial charge in [-0.25, -0.2) is 0 Å². The number of methoxy groups -OCH3 is 1. The molecule has 6 nitrogen and oxygen atoms in total. The molecule has 2 heterocycles. The Morgan fingerprint density at radius 2 is 2.20 bits per heavy atom. The lowest BCUT2D eigenvalue weighted by molar-refractivity contribution is -0.140. The van der Waals surface area contributed by atoms with Crippen LogP contribution < -0.4 is 4.74 Å². The standard InChI is InChI=1S/C18H17ClN2O4/c1-11(14-5-3-4-8-20-14)24-17-10-16-12(9-13(17)19)15(21-25-16)6-7-18(22)23-2/h3-5,8-11H,6-7H2,1-2H3. The van der Waals surface area contributed by atoms with Gasteiger partial charge in [0.05, 0.1) is 29.9 Å². The van der Waals surface area contributed by atoms with Crippen LogP contribution in [0.25, 0.3) is 11.0 Å². The van der Waals surface area contributed by atoms with Crippen LogP contribution in [-0.4, -0.2) is 23.2 Å². The molecule has 1 unspecified atom stereocenters. The molecule has 0 radical (unpaired) electrons. The molecule has 0 bridgehead atoms. The predicted molar refractivity (Wildman–Crippen MR) is 92.6 cm³/mol. The highest BCUT2D eigenvalue weighted by molar-refractivity contribution is 6.32. The molecular weight excluding hydrogens is 344 g/mol. The Morgan fingerprint density at radius 3 is 2.92 bits per heavy atom. The molecule has 0 N–H and O–H groups in total. The number of pyridine rings is 1. The van der Waals surface area contributed by atoms with E-state index in [0.717, 1.165) is 11.1 Å². The first kappa shape index (κ1) is 17.2. The molecule has 0 saturated heterocycles. The second kappa shape index (κ2) is 7.53. The Balaban J connectivity index is 1.81. The van der Waals surface area contributed by atoms with Gasteiger partial charge in [0.15, 0.2) is 5.58 Å². The first-order chi connectivity index (χ1) is 12.1. The smallest absolute Gasteiger partial charge is 0.305 e. The summed E-state index contributed by atoms with van der Waals surface area (Å²) in [5.41, 5.74) is 2.01. The van der Waals surface area contributed by atoms with E-state index >= 15 is 0 Å². The highest BCUT2D eigenvalue weighted by Crippen LogP contribution is 2.34. The molecule has 0 fully saturated rings. The number of ether oxygens (including phenoxy) is 2. The first-order valence-electron chi connectivity index (χ1n) is 7.80. The summed E-state index contributed by atoms with van der Waals surface area (Å²) in [5.74, 6) is 0.189. The van der Waals surface area contributed by atoms with Gasteiger partial charge < -0.3 is 14.0 Å². The van der Waals surface area contributed by atoms with Crippen molar-refractivity contribution in [3.8, 4) is 5.75 Å². The quantitative estimate of drug-likeness (QED) is 0.615. The second-order valence-electron chi connectivity index (χ2n) is 5.50. The topological polar surface area (TPSA) is 74.5 Å². The lowest BCUT2D eigenvalue weighted by atomic mass is 10.1.